The van der Waals surface area contributed by atoms with Crippen molar-refractivity contribution in [3.8, 4) is 0 Å². The van der Waals surface area contributed by atoms with Crippen LogP contribution in [0.5, 0.6) is 0 Å². The first-order valence-corrected chi connectivity index (χ1v) is 7.11. The van der Waals surface area contributed by atoms with Gasteiger partial charge in [-0.3, -0.25) is 0 Å². The van der Waals surface area contributed by atoms with Crippen molar-refractivity contribution in [2.24, 2.45) is 5.73 Å². The molecule has 1 saturated heterocycles. The van der Waals surface area contributed by atoms with Crippen molar-refractivity contribution in [1.29, 1.82) is 0 Å². The summed E-state index contributed by atoms with van der Waals surface area (Å²) in [5, 5.41) is 1.36. The van der Waals surface area contributed by atoms with Crippen LogP contribution < -0.4 is 5.73 Å². The molecule has 2 N–H and O–H groups in total. The number of ether oxygens (including phenoxy) is 1. The average Bonchev–Trinajstić information content (AvgIpc) is 2.34. The minimum atomic E-state index is -0.263. The van der Waals surface area contributed by atoms with Gasteiger partial charge in [-0.25, -0.2) is 0 Å². The third kappa shape index (κ3) is 3.00. The van der Waals surface area contributed by atoms with Gasteiger partial charge in [0.05, 0.1) is 5.60 Å². The van der Waals surface area contributed by atoms with E-state index >= 15 is 0 Å². The molecule has 1 aliphatic rings. The van der Waals surface area contributed by atoms with Gasteiger partial charge in [0.15, 0.2) is 0 Å². The van der Waals surface area contributed by atoms with Crippen molar-refractivity contribution >= 4 is 23.2 Å². The van der Waals surface area contributed by atoms with Crippen LogP contribution in [0.2, 0.25) is 10.0 Å². The number of nitrogens with two attached hydrogens (primary N) is 1. The fourth-order valence-electron chi connectivity index (χ4n) is 2.41. The Morgan fingerprint density at radius 1 is 1.33 bits per heavy atom. The summed E-state index contributed by atoms with van der Waals surface area (Å²) in [4.78, 5) is 0. The first-order valence-electron chi connectivity index (χ1n) is 6.35. The van der Waals surface area contributed by atoms with Gasteiger partial charge < -0.3 is 10.5 Å². The summed E-state index contributed by atoms with van der Waals surface area (Å²) in [6.45, 7) is 2.88. The number of halogens is 2. The topological polar surface area (TPSA) is 35.2 Å². The molecule has 0 radical (unpaired) electrons. The molecule has 0 spiro atoms. The van der Waals surface area contributed by atoms with Crippen molar-refractivity contribution in [3.63, 3.8) is 0 Å². The summed E-state index contributed by atoms with van der Waals surface area (Å²) in [6, 6.07) is 5.45. The maximum atomic E-state index is 6.31. The molecule has 0 bridgehead atoms. The SMILES string of the molecule is CC1(C(N)Cc2c(Cl)cccc2Cl)CCCCO1. The van der Waals surface area contributed by atoms with E-state index in [2.05, 4.69) is 6.92 Å². The third-order valence-corrected chi connectivity index (χ3v) is 4.48. The smallest absolute Gasteiger partial charge is 0.0807 e. The van der Waals surface area contributed by atoms with Gasteiger partial charge in [-0.2, -0.15) is 0 Å². The zero-order chi connectivity index (χ0) is 13.2. The molecule has 1 aromatic carbocycles. The molecule has 0 amide bonds. The van der Waals surface area contributed by atoms with Crippen LogP contribution in [0.25, 0.3) is 0 Å². The van der Waals surface area contributed by atoms with Crippen LogP contribution in [0.4, 0.5) is 0 Å². The van der Waals surface area contributed by atoms with Gasteiger partial charge in [0.2, 0.25) is 0 Å². The Morgan fingerprint density at radius 2 is 2.00 bits per heavy atom. The molecule has 1 aliphatic heterocycles. The van der Waals surface area contributed by atoms with Crippen LogP contribution in [0.1, 0.15) is 31.7 Å². The Balaban J connectivity index is 2.13. The van der Waals surface area contributed by atoms with Crippen molar-refractivity contribution in [2.75, 3.05) is 6.61 Å². The number of benzene rings is 1. The molecule has 2 rings (SSSR count). The van der Waals surface area contributed by atoms with Crippen LogP contribution in [-0.2, 0) is 11.2 Å². The van der Waals surface area contributed by atoms with Crippen molar-refractivity contribution in [1.82, 2.24) is 0 Å². The van der Waals surface area contributed by atoms with E-state index in [0.717, 1.165) is 25.0 Å². The predicted octanol–water partition coefficient (Wildman–Crippen LogP) is 3.82. The number of hydrogen-bond donors (Lipinski definition) is 1. The first kappa shape index (κ1) is 14.1. The molecule has 0 aromatic heterocycles. The van der Waals surface area contributed by atoms with Crippen molar-refractivity contribution in [3.05, 3.63) is 33.8 Å². The molecular formula is C14H19Cl2NO. The van der Waals surface area contributed by atoms with Crippen LogP contribution in [0.15, 0.2) is 18.2 Å². The van der Waals surface area contributed by atoms with Gasteiger partial charge in [0.25, 0.3) is 0 Å². The lowest BCUT2D eigenvalue weighted by Crippen LogP contribution is -2.50. The summed E-state index contributed by atoms with van der Waals surface area (Å²) < 4.78 is 5.87. The van der Waals surface area contributed by atoms with E-state index in [1.807, 2.05) is 18.2 Å². The van der Waals surface area contributed by atoms with E-state index in [0.29, 0.717) is 16.5 Å². The van der Waals surface area contributed by atoms with Crippen LogP contribution in [0.3, 0.4) is 0 Å². The maximum Gasteiger partial charge on any atom is 0.0807 e. The molecule has 100 valence electrons. The Morgan fingerprint density at radius 3 is 2.56 bits per heavy atom. The quantitative estimate of drug-likeness (QED) is 0.917. The van der Waals surface area contributed by atoms with E-state index in [9.17, 15) is 0 Å². The van der Waals surface area contributed by atoms with Crippen LogP contribution in [0, 0.1) is 0 Å². The Bertz CT molecular complexity index is 396. The highest BCUT2D eigenvalue weighted by Crippen LogP contribution is 2.32. The second kappa shape index (κ2) is 5.79. The van der Waals surface area contributed by atoms with Crippen molar-refractivity contribution < 1.29 is 4.74 Å². The zero-order valence-electron chi connectivity index (χ0n) is 10.6. The largest absolute Gasteiger partial charge is 0.374 e. The van der Waals surface area contributed by atoms with E-state index in [4.69, 9.17) is 33.7 Å². The maximum absolute atomic E-state index is 6.31. The lowest BCUT2D eigenvalue weighted by atomic mass is 9.85. The second-order valence-electron chi connectivity index (χ2n) is 5.13. The Hall–Kier alpha value is -0.280. The van der Waals surface area contributed by atoms with Crippen LogP contribution in [-0.4, -0.2) is 18.2 Å². The van der Waals surface area contributed by atoms with E-state index in [1.54, 1.807) is 0 Å². The van der Waals surface area contributed by atoms with E-state index in [-0.39, 0.29) is 11.6 Å². The molecular weight excluding hydrogens is 269 g/mol. The molecule has 1 aromatic rings. The fraction of sp³-hybridized carbons (Fsp3) is 0.571. The summed E-state index contributed by atoms with van der Waals surface area (Å²) in [5.74, 6) is 0. The summed E-state index contributed by atoms with van der Waals surface area (Å²) in [7, 11) is 0. The highest BCUT2D eigenvalue weighted by Gasteiger charge is 2.35. The predicted molar refractivity (Wildman–Crippen MR) is 76.3 cm³/mol. The monoisotopic (exact) mass is 287 g/mol. The Kier molecular flexibility index (Phi) is 4.54. The normalized spacial score (nSPS) is 26.0. The molecule has 18 heavy (non-hydrogen) atoms. The first-order chi connectivity index (χ1) is 8.53. The van der Waals surface area contributed by atoms with Gasteiger partial charge in [-0.1, -0.05) is 29.3 Å². The Labute approximate surface area is 118 Å². The summed E-state index contributed by atoms with van der Waals surface area (Å²) in [5.41, 5.74) is 6.97. The second-order valence-corrected chi connectivity index (χ2v) is 5.94. The summed E-state index contributed by atoms with van der Waals surface area (Å²) >= 11 is 12.4. The molecule has 0 aliphatic carbocycles. The third-order valence-electron chi connectivity index (χ3n) is 3.77. The van der Waals surface area contributed by atoms with Gasteiger partial charge >= 0.3 is 0 Å². The fourth-order valence-corrected chi connectivity index (χ4v) is 2.96. The van der Waals surface area contributed by atoms with Crippen molar-refractivity contribution in [2.45, 2.75) is 44.2 Å². The minimum Gasteiger partial charge on any atom is -0.374 e. The number of rotatable bonds is 3. The highest BCUT2D eigenvalue weighted by molar-refractivity contribution is 6.36. The summed E-state index contributed by atoms with van der Waals surface area (Å²) in [6.07, 6.45) is 3.93. The molecule has 1 fully saturated rings. The van der Waals surface area contributed by atoms with E-state index in [1.165, 1.54) is 6.42 Å². The lowest BCUT2D eigenvalue weighted by Gasteiger charge is -2.39. The number of hydrogen-bond acceptors (Lipinski definition) is 2. The van der Waals surface area contributed by atoms with Gasteiger partial charge in [-0.05, 0) is 50.3 Å². The molecule has 2 unspecified atom stereocenters. The molecule has 2 atom stereocenters. The zero-order valence-corrected chi connectivity index (χ0v) is 12.1. The van der Waals surface area contributed by atoms with Gasteiger partial charge in [0, 0.05) is 22.7 Å². The van der Waals surface area contributed by atoms with Gasteiger partial charge in [-0.15, -0.1) is 0 Å². The minimum absolute atomic E-state index is 0.0878. The molecule has 4 heteroatoms. The molecule has 2 nitrogen and oxygen atoms in total. The van der Waals surface area contributed by atoms with Crippen LogP contribution >= 0.6 is 23.2 Å². The average molecular weight is 288 g/mol. The van der Waals surface area contributed by atoms with Gasteiger partial charge in [0.1, 0.15) is 0 Å². The standard InChI is InChI=1S/C14H19Cl2NO/c1-14(7-2-3-8-18-14)13(17)9-10-11(15)5-4-6-12(10)16/h4-6,13H,2-3,7-9,17H2,1H3. The lowest BCUT2D eigenvalue weighted by molar-refractivity contribution is -0.0808. The van der Waals surface area contributed by atoms with E-state index < -0.39 is 0 Å². The molecule has 0 saturated carbocycles. The molecule has 1 heterocycles. The highest BCUT2D eigenvalue weighted by atomic mass is 35.5.